The van der Waals surface area contributed by atoms with Crippen LogP contribution >= 0.6 is 0 Å². The van der Waals surface area contributed by atoms with Gasteiger partial charge in [0.25, 0.3) is 0 Å². The fourth-order valence-electron chi connectivity index (χ4n) is 0.918. The molecule has 0 amide bonds. The van der Waals surface area contributed by atoms with Crippen LogP contribution in [0.15, 0.2) is 18.2 Å². The zero-order valence-electron chi connectivity index (χ0n) is 6.21. The standard InChI is InChI=1S/C8H10FNO/c1-5(11)6-3-2-4-7(9)8(6)10/h2-5,11H,10H2,1H3. The predicted octanol–water partition coefficient (Wildman–Crippen LogP) is 1.46. The summed E-state index contributed by atoms with van der Waals surface area (Å²) in [7, 11) is 0. The Kier molecular flexibility index (Phi) is 2.10. The van der Waals surface area contributed by atoms with Crippen molar-refractivity contribution in [1.82, 2.24) is 0 Å². The maximum Gasteiger partial charge on any atom is 0.146 e. The van der Waals surface area contributed by atoms with Gasteiger partial charge in [-0.1, -0.05) is 12.1 Å². The molecule has 3 N–H and O–H groups in total. The minimum Gasteiger partial charge on any atom is -0.396 e. The fourth-order valence-corrected chi connectivity index (χ4v) is 0.918. The van der Waals surface area contributed by atoms with Gasteiger partial charge in [-0.25, -0.2) is 4.39 Å². The van der Waals surface area contributed by atoms with Crippen LogP contribution < -0.4 is 5.73 Å². The number of anilines is 1. The van der Waals surface area contributed by atoms with Gasteiger partial charge in [-0.15, -0.1) is 0 Å². The molecule has 0 aliphatic carbocycles. The van der Waals surface area contributed by atoms with Crippen molar-refractivity contribution in [3.05, 3.63) is 29.6 Å². The van der Waals surface area contributed by atoms with Crippen LogP contribution in [0.3, 0.4) is 0 Å². The number of aliphatic hydroxyl groups is 1. The molecule has 0 saturated heterocycles. The summed E-state index contributed by atoms with van der Waals surface area (Å²) in [6, 6.07) is 4.39. The molecule has 0 aromatic heterocycles. The van der Waals surface area contributed by atoms with Crippen molar-refractivity contribution >= 4 is 5.69 Å². The van der Waals surface area contributed by atoms with E-state index in [2.05, 4.69) is 0 Å². The van der Waals surface area contributed by atoms with Crippen molar-refractivity contribution in [3.63, 3.8) is 0 Å². The van der Waals surface area contributed by atoms with Gasteiger partial charge in [0.2, 0.25) is 0 Å². The molecule has 0 spiro atoms. The summed E-state index contributed by atoms with van der Waals surface area (Å²) in [6.07, 6.45) is -0.717. The topological polar surface area (TPSA) is 46.2 Å². The number of aliphatic hydroxyl groups excluding tert-OH is 1. The van der Waals surface area contributed by atoms with E-state index in [1.165, 1.54) is 12.1 Å². The lowest BCUT2D eigenvalue weighted by Crippen LogP contribution is -2.00. The maximum atomic E-state index is 12.7. The third-order valence-corrected chi connectivity index (χ3v) is 1.54. The zero-order valence-corrected chi connectivity index (χ0v) is 6.21. The molecular formula is C8H10FNO. The van der Waals surface area contributed by atoms with Gasteiger partial charge in [0, 0.05) is 5.56 Å². The molecule has 1 aromatic rings. The second kappa shape index (κ2) is 2.88. The van der Waals surface area contributed by atoms with Gasteiger partial charge in [0.1, 0.15) is 5.82 Å². The first-order valence-electron chi connectivity index (χ1n) is 3.35. The van der Waals surface area contributed by atoms with Gasteiger partial charge in [-0.3, -0.25) is 0 Å². The number of nitrogens with two attached hydrogens (primary N) is 1. The molecule has 2 nitrogen and oxygen atoms in total. The minimum absolute atomic E-state index is 0.0301. The van der Waals surface area contributed by atoms with Crippen LogP contribution in [0.5, 0.6) is 0 Å². The Morgan fingerprint density at radius 2 is 2.18 bits per heavy atom. The Morgan fingerprint density at radius 1 is 1.55 bits per heavy atom. The Labute approximate surface area is 64.5 Å². The van der Waals surface area contributed by atoms with Gasteiger partial charge in [-0.05, 0) is 13.0 Å². The van der Waals surface area contributed by atoms with Crippen LogP contribution in [0.1, 0.15) is 18.6 Å². The molecule has 3 heteroatoms. The Balaban J connectivity index is 3.17. The summed E-state index contributed by atoms with van der Waals surface area (Å²) in [5.74, 6) is -0.483. The summed E-state index contributed by atoms with van der Waals surface area (Å²) >= 11 is 0. The monoisotopic (exact) mass is 155 g/mol. The highest BCUT2D eigenvalue weighted by Gasteiger charge is 2.07. The predicted molar refractivity (Wildman–Crippen MR) is 41.4 cm³/mol. The summed E-state index contributed by atoms with van der Waals surface area (Å²) in [4.78, 5) is 0. The van der Waals surface area contributed by atoms with Gasteiger partial charge in [0.15, 0.2) is 0 Å². The molecule has 0 saturated carbocycles. The van der Waals surface area contributed by atoms with E-state index in [9.17, 15) is 4.39 Å². The highest BCUT2D eigenvalue weighted by atomic mass is 19.1. The van der Waals surface area contributed by atoms with E-state index in [0.717, 1.165) is 0 Å². The van der Waals surface area contributed by atoms with Crippen LogP contribution in [0, 0.1) is 5.82 Å². The molecule has 1 unspecified atom stereocenters. The average Bonchev–Trinajstić information content (AvgIpc) is 1.94. The first kappa shape index (κ1) is 8.01. The van der Waals surface area contributed by atoms with Crippen LogP contribution in [0.25, 0.3) is 0 Å². The zero-order chi connectivity index (χ0) is 8.43. The maximum absolute atomic E-state index is 12.7. The van der Waals surface area contributed by atoms with Crippen molar-refractivity contribution in [3.8, 4) is 0 Å². The summed E-state index contributed by atoms with van der Waals surface area (Å²) < 4.78 is 12.7. The normalized spacial score (nSPS) is 13.0. The average molecular weight is 155 g/mol. The third-order valence-electron chi connectivity index (χ3n) is 1.54. The van der Waals surface area contributed by atoms with Crippen molar-refractivity contribution < 1.29 is 9.50 Å². The van der Waals surface area contributed by atoms with Gasteiger partial charge in [-0.2, -0.15) is 0 Å². The molecule has 1 aromatic carbocycles. The molecule has 0 heterocycles. The number of hydrogen-bond donors (Lipinski definition) is 2. The number of para-hydroxylation sites is 1. The van der Waals surface area contributed by atoms with E-state index in [4.69, 9.17) is 10.8 Å². The number of rotatable bonds is 1. The van der Waals surface area contributed by atoms with E-state index in [1.807, 2.05) is 0 Å². The number of benzene rings is 1. The van der Waals surface area contributed by atoms with Gasteiger partial charge >= 0.3 is 0 Å². The van der Waals surface area contributed by atoms with E-state index in [-0.39, 0.29) is 5.69 Å². The van der Waals surface area contributed by atoms with Crippen LogP contribution in [0.2, 0.25) is 0 Å². The second-order valence-electron chi connectivity index (χ2n) is 2.42. The molecule has 0 aliphatic heterocycles. The molecular weight excluding hydrogens is 145 g/mol. The molecule has 0 aliphatic rings. The molecule has 0 fully saturated rings. The number of halogens is 1. The van der Waals surface area contributed by atoms with E-state index in [0.29, 0.717) is 5.56 Å². The largest absolute Gasteiger partial charge is 0.396 e. The molecule has 1 rings (SSSR count). The molecule has 0 radical (unpaired) electrons. The molecule has 1 atom stereocenters. The summed E-state index contributed by atoms with van der Waals surface area (Å²) in [5, 5.41) is 9.08. The number of nitrogen functional groups attached to an aromatic ring is 1. The van der Waals surface area contributed by atoms with Crippen molar-refractivity contribution in [2.75, 3.05) is 5.73 Å². The van der Waals surface area contributed by atoms with E-state index >= 15 is 0 Å². The van der Waals surface area contributed by atoms with Gasteiger partial charge < -0.3 is 10.8 Å². The lowest BCUT2D eigenvalue weighted by atomic mass is 10.1. The van der Waals surface area contributed by atoms with Crippen LogP contribution in [0.4, 0.5) is 10.1 Å². The van der Waals surface area contributed by atoms with E-state index in [1.54, 1.807) is 13.0 Å². The van der Waals surface area contributed by atoms with Crippen LogP contribution in [-0.4, -0.2) is 5.11 Å². The SMILES string of the molecule is CC(O)c1cccc(F)c1N. The third kappa shape index (κ3) is 1.49. The summed E-state index contributed by atoms with van der Waals surface area (Å²) in [6.45, 7) is 1.55. The van der Waals surface area contributed by atoms with Crippen molar-refractivity contribution in [2.24, 2.45) is 0 Å². The minimum atomic E-state index is -0.717. The number of hydrogen-bond acceptors (Lipinski definition) is 2. The van der Waals surface area contributed by atoms with Crippen molar-refractivity contribution in [1.29, 1.82) is 0 Å². The smallest absolute Gasteiger partial charge is 0.146 e. The molecule has 60 valence electrons. The molecule has 0 bridgehead atoms. The Bertz CT molecular complexity index is 260. The lowest BCUT2D eigenvalue weighted by molar-refractivity contribution is 0.199. The van der Waals surface area contributed by atoms with Gasteiger partial charge in [0.05, 0.1) is 11.8 Å². The quantitative estimate of drug-likeness (QED) is 0.603. The lowest BCUT2D eigenvalue weighted by Gasteiger charge is -2.07. The fraction of sp³-hybridized carbons (Fsp3) is 0.250. The highest BCUT2D eigenvalue weighted by Crippen LogP contribution is 2.21. The van der Waals surface area contributed by atoms with Crippen LogP contribution in [-0.2, 0) is 0 Å². The first-order valence-corrected chi connectivity index (χ1v) is 3.35. The molecule has 11 heavy (non-hydrogen) atoms. The first-order chi connectivity index (χ1) is 5.13. The highest BCUT2D eigenvalue weighted by molar-refractivity contribution is 5.48. The Morgan fingerprint density at radius 3 is 2.64 bits per heavy atom. The summed E-state index contributed by atoms with van der Waals surface area (Å²) in [5.41, 5.74) is 5.81. The Hall–Kier alpha value is -1.09. The van der Waals surface area contributed by atoms with Crippen molar-refractivity contribution in [2.45, 2.75) is 13.0 Å². The van der Waals surface area contributed by atoms with E-state index < -0.39 is 11.9 Å². The second-order valence-corrected chi connectivity index (χ2v) is 2.42.